The van der Waals surface area contributed by atoms with Crippen LogP contribution < -0.4 is 11.3 Å². The van der Waals surface area contributed by atoms with Crippen LogP contribution in [-0.2, 0) is 4.79 Å². The lowest BCUT2D eigenvalue weighted by atomic mass is 9.81. The monoisotopic (exact) mass is 220 g/mol. The third-order valence-electron chi connectivity index (χ3n) is 3.19. The summed E-state index contributed by atoms with van der Waals surface area (Å²) in [6, 6.07) is 1.82. The number of amides is 1. The summed E-state index contributed by atoms with van der Waals surface area (Å²) in [5.41, 5.74) is 2.22. The average molecular weight is 220 g/mol. The molecule has 1 amide bonds. The number of nitrogens with one attached hydrogen (secondary N) is 1. The highest BCUT2D eigenvalue weighted by Crippen LogP contribution is 2.33. The minimum absolute atomic E-state index is 0.0487. The molecule has 2 rings (SSSR count). The Morgan fingerprint density at radius 3 is 2.44 bits per heavy atom. The van der Waals surface area contributed by atoms with Gasteiger partial charge in [-0.25, -0.2) is 15.8 Å². The summed E-state index contributed by atoms with van der Waals surface area (Å²) in [5, 5.41) is 0. The molecule has 0 spiro atoms. The molecule has 1 aromatic rings. The van der Waals surface area contributed by atoms with E-state index in [9.17, 15) is 4.79 Å². The van der Waals surface area contributed by atoms with Crippen molar-refractivity contribution in [2.24, 2.45) is 11.8 Å². The number of aromatic nitrogens is 2. The fraction of sp³-hybridized carbons (Fsp3) is 0.545. The van der Waals surface area contributed by atoms with E-state index in [1.807, 2.05) is 6.07 Å². The molecule has 1 aliphatic carbocycles. The van der Waals surface area contributed by atoms with E-state index in [-0.39, 0.29) is 11.8 Å². The average Bonchev–Trinajstić information content (AvgIpc) is 2.39. The summed E-state index contributed by atoms with van der Waals surface area (Å²) in [4.78, 5) is 19.9. The largest absolute Gasteiger partial charge is 0.294 e. The van der Waals surface area contributed by atoms with Gasteiger partial charge in [-0.2, -0.15) is 0 Å². The molecule has 0 saturated heterocycles. The fourth-order valence-electron chi connectivity index (χ4n) is 2.25. The zero-order valence-corrected chi connectivity index (χ0v) is 9.10. The predicted octanol–water partition coefficient (Wildman–Crippen LogP) is 0.740. The first-order valence-corrected chi connectivity index (χ1v) is 5.58. The smallest absolute Gasteiger partial charge is 0.236 e. The summed E-state index contributed by atoms with van der Waals surface area (Å²) in [6.45, 7) is 0. The van der Waals surface area contributed by atoms with Crippen LogP contribution in [0.5, 0.6) is 0 Å². The third kappa shape index (κ3) is 2.36. The number of carbonyl (C=O) groups excluding carboxylic acids is 1. The van der Waals surface area contributed by atoms with E-state index < -0.39 is 0 Å². The molecule has 0 radical (unpaired) electrons. The number of carbonyl (C=O) groups is 1. The SMILES string of the molecule is NNC(=O)C1CCC(c2ncccn2)CC1. The second-order valence-corrected chi connectivity index (χ2v) is 4.16. The second-order valence-electron chi connectivity index (χ2n) is 4.16. The molecule has 1 heterocycles. The highest BCUT2D eigenvalue weighted by Gasteiger charge is 2.27. The second kappa shape index (κ2) is 5.03. The topological polar surface area (TPSA) is 80.9 Å². The lowest BCUT2D eigenvalue weighted by molar-refractivity contribution is -0.126. The number of hydrazine groups is 1. The van der Waals surface area contributed by atoms with Crippen LogP contribution in [0.3, 0.4) is 0 Å². The van der Waals surface area contributed by atoms with Crippen LogP contribution >= 0.6 is 0 Å². The number of hydrogen-bond acceptors (Lipinski definition) is 4. The molecule has 1 aliphatic rings. The summed E-state index contributed by atoms with van der Waals surface area (Å²) >= 11 is 0. The minimum atomic E-state index is -0.0487. The standard InChI is InChI=1S/C11H16N4O/c12-15-11(16)9-4-2-8(3-5-9)10-13-6-1-7-14-10/h1,6-9H,2-5,12H2,(H,15,16). The van der Waals surface area contributed by atoms with E-state index in [1.165, 1.54) is 0 Å². The number of nitrogens with two attached hydrogens (primary N) is 1. The Labute approximate surface area is 94.4 Å². The van der Waals surface area contributed by atoms with Crippen LogP contribution in [-0.4, -0.2) is 15.9 Å². The molecule has 0 aromatic carbocycles. The van der Waals surface area contributed by atoms with Crippen molar-refractivity contribution in [3.63, 3.8) is 0 Å². The van der Waals surface area contributed by atoms with E-state index >= 15 is 0 Å². The van der Waals surface area contributed by atoms with Crippen LogP contribution in [0.25, 0.3) is 0 Å². The Kier molecular flexibility index (Phi) is 3.46. The molecular weight excluding hydrogens is 204 g/mol. The quantitative estimate of drug-likeness (QED) is 0.437. The molecule has 5 nitrogen and oxygen atoms in total. The molecule has 1 fully saturated rings. The van der Waals surface area contributed by atoms with E-state index in [4.69, 9.17) is 5.84 Å². The first kappa shape index (κ1) is 11.0. The highest BCUT2D eigenvalue weighted by molar-refractivity contribution is 5.78. The number of hydrogen-bond donors (Lipinski definition) is 2. The van der Waals surface area contributed by atoms with Crippen LogP contribution in [0.15, 0.2) is 18.5 Å². The van der Waals surface area contributed by atoms with E-state index in [2.05, 4.69) is 15.4 Å². The molecule has 0 aliphatic heterocycles. The zero-order valence-electron chi connectivity index (χ0n) is 9.10. The van der Waals surface area contributed by atoms with Crippen LogP contribution in [0.1, 0.15) is 37.4 Å². The van der Waals surface area contributed by atoms with Crippen molar-refractivity contribution in [3.05, 3.63) is 24.3 Å². The van der Waals surface area contributed by atoms with Gasteiger partial charge in [0.25, 0.3) is 0 Å². The predicted molar refractivity (Wildman–Crippen MR) is 59.1 cm³/mol. The van der Waals surface area contributed by atoms with Gasteiger partial charge in [0.15, 0.2) is 0 Å². The summed E-state index contributed by atoms with van der Waals surface area (Å²) in [7, 11) is 0. The maximum atomic E-state index is 11.3. The Balaban J connectivity index is 1.93. The summed E-state index contributed by atoms with van der Waals surface area (Å²) < 4.78 is 0. The number of nitrogens with zero attached hydrogens (tertiary/aromatic N) is 2. The van der Waals surface area contributed by atoms with Crippen molar-refractivity contribution >= 4 is 5.91 Å². The van der Waals surface area contributed by atoms with E-state index in [1.54, 1.807) is 12.4 Å². The van der Waals surface area contributed by atoms with Gasteiger partial charge in [0, 0.05) is 24.2 Å². The first-order chi connectivity index (χ1) is 7.81. The van der Waals surface area contributed by atoms with Crippen molar-refractivity contribution < 1.29 is 4.79 Å². The number of rotatable bonds is 2. The van der Waals surface area contributed by atoms with Crippen LogP contribution in [0, 0.1) is 5.92 Å². The third-order valence-corrected chi connectivity index (χ3v) is 3.19. The van der Waals surface area contributed by atoms with E-state index in [0.29, 0.717) is 5.92 Å². The minimum Gasteiger partial charge on any atom is -0.294 e. The van der Waals surface area contributed by atoms with Gasteiger partial charge in [0.2, 0.25) is 5.91 Å². The van der Waals surface area contributed by atoms with Crippen LogP contribution in [0.2, 0.25) is 0 Å². The Morgan fingerprint density at radius 1 is 1.25 bits per heavy atom. The van der Waals surface area contributed by atoms with Gasteiger partial charge in [-0.3, -0.25) is 10.2 Å². The van der Waals surface area contributed by atoms with Crippen molar-refractivity contribution in [2.45, 2.75) is 31.6 Å². The Hall–Kier alpha value is -1.49. The van der Waals surface area contributed by atoms with Gasteiger partial charge in [-0.1, -0.05) is 0 Å². The fourth-order valence-corrected chi connectivity index (χ4v) is 2.25. The van der Waals surface area contributed by atoms with Gasteiger partial charge in [0.05, 0.1) is 0 Å². The molecule has 0 unspecified atom stereocenters. The molecule has 0 atom stereocenters. The van der Waals surface area contributed by atoms with E-state index in [0.717, 1.165) is 31.5 Å². The molecule has 1 aromatic heterocycles. The molecular formula is C11H16N4O. The van der Waals surface area contributed by atoms with Crippen molar-refractivity contribution in [1.29, 1.82) is 0 Å². The van der Waals surface area contributed by atoms with Gasteiger partial charge in [0.1, 0.15) is 5.82 Å². The lowest BCUT2D eigenvalue weighted by Crippen LogP contribution is -2.37. The maximum Gasteiger partial charge on any atom is 0.236 e. The van der Waals surface area contributed by atoms with Crippen molar-refractivity contribution in [1.82, 2.24) is 15.4 Å². The van der Waals surface area contributed by atoms with Crippen molar-refractivity contribution in [2.75, 3.05) is 0 Å². The Morgan fingerprint density at radius 2 is 1.88 bits per heavy atom. The normalized spacial score (nSPS) is 25.1. The van der Waals surface area contributed by atoms with Gasteiger partial charge >= 0.3 is 0 Å². The highest BCUT2D eigenvalue weighted by atomic mass is 16.2. The molecule has 1 saturated carbocycles. The lowest BCUT2D eigenvalue weighted by Gasteiger charge is -2.26. The summed E-state index contributed by atoms with van der Waals surface area (Å²) in [6.07, 6.45) is 7.18. The van der Waals surface area contributed by atoms with Gasteiger partial charge in [-0.05, 0) is 31.7 Å². The first-order valence-electron chi connectivity index (χ1n) is 5.58. The van der Waals surface area contributed by atoms with Gasteiger partial charge in [-0.15, -0.1) is 0 Å². The summed E-state index contributed by atoms with van der Waals surface area (Å²) in [5.74, 6) is 6.42. The molecule has 3 N–H and O–H groups in total. The van der Waals surface area contributed by atoms with Gasteiger partial charge < -0.3 is 0 Å². The van der Waals surface area contributed by atoms with Crippen LogP contribution in [0.4, 0.5) is 0 Å². The molecule has 86 valence electrons. The Bertz CT molecular complexity index is 346. The zero-order chi connectivity index (χ0) is 11.4. The molecule has 0 bridgehead atoms. The molecule has 16 heavy (non-hydrogen) atoms. The maximum absolute atomic E-state index is 11.3. The molecule has 5 heteroatoms. The van der Waals surface area contributed by atoms with Crippen molar-refractivity contribution in [3.8, 4) is 0 Å².